The van der Waals surface area contributed by atoms with E-state index < -0.39 is 0 Å². The molecule has 2 N–H and O–H groups in total. The maximum atomic E-state index is 11.2. The zero-order valence-electron chi connectivity index (χ0n) is 8.08. The van der Waals surface area contributed by atoms with Crippen LogP contribution in [0.3, 0.4) is 0 Å². The number of hydrogen-bond donors (Lipinski definition) is 2. The van der Waals surface area contributed by atoms with E-state index in [9.17, 15) is 9.59 Å². The summed E-state index contributed by atoms with van der Waals surface area (Å²) < 4.78 is 0.697. The van der Waals surface area contributed by atoms with Crippen LogP contribution in [0.5, 0.6) is 0 Å². The fourth-order valence-corrected chi connectivity index (χ4v) is 1.09. The molecule has 2 amide bonds. The smallest absolute Gasteiger partial charge is 0.243 e. The van der Waals surface area contributed by atoms with Crippen LogP contribution in [0.15, 0.2) is 22.9 Å². The Morgan fingerprint density at radius 2 is 2.20 bits per heavy atom. The Hall–Kier alpha value is -1.43. The van der Waals surface area contributed by atoms with E-state index in [1.807, 2.05) is 0 Å². The maximum absolute atomic E-state index is 11.2. The van der Waals surface area contributed by atoms with Gasteiger partial charge in [0.1, 0.15) is 4.60 Å². The SMILES string of the molecule is CC(=O)NCC(=O)Nc1ccc(Br)nc1. The second-order valence-electron chi connectivity index (χ2n) is 2.83. The number of nitrogens with zero attached hydrogens (tertiary/aromatic N) is 1. The number of halogens is 1. The number of carbonyl (C=O) groups is 2. The molecule has 0 fully saturated rings. The van der Waals surface area contributed by atoms with E-state index in [4.69, 9.17) is 0 Å². The third-order valence-electron chi connectivity index (χ3n) is 1.51. The quantitative estimate of drug-likeness (QED) is 0.804. The first-order valence-corrected chi connectivity index (χ1v) is 5.03. The minimum Gasteiger partial charge on any atom is -0.347 e. The number of aromatic nitrogens is 1. The van der Waals surface area contributed by atoms with Gasteiger partial charge in [-0.3, -0.25) is 9.59 Å². The topological polar surface area (TPSA) is 71.1 Å². The number of nitrogens with one attached hydrogen (secondary N) is 2. The lowest BCUT2D eigenvalue weighted by Crippen LogP contribution is -2.31. The Balaban J connectivity index is 2.44. The van der Waals surface area contributed by atoms with Crippen LogP contribution in [-0.2, 0) is 9.59 Å². The molecular weight excluding hydrogens is 262 g/mol. The summed E-state index contributed by atoms with van der Waals surface area (Å²) in [5.74, 6) is -0.520. The van der Waals surface area contributed by atoms with Crippen molar-refractivity contribution in [1.29, 1.82) is 0 Å². The second kappa shape index (κ2) is 5.45. The van der Waals surface area contributed by atoms with Crippen LogP contribution >= 0.6 is 15.9 Å². The van der Waals surface area contributed by atoms with E-state index in [1.54, 1.807) is 12.1 Å². The number of anilines is 1. The fourth-order valence-electron chi connectivity index (χ4n) is 0.860. The van der Waals surface area contributed by atoms with E-state index in [0.717, 1.165) is 0 Å². The molecule has 0 unspecified atom stereocenters. The van der Waals surface area contributed by atoms with Crippen LogP contribution < -0.4 is 10.6 Å². The van der Waals surface area contributed by atoms with Gasteiger partial charge in [0.2, 0.25) is 11.8 Å². The molecule has 0 saturated heterocycles. The normalized spacial score (nSPS) is 9.47. The number of rotatable bonds is 3. The summed E-state index contributed by atoms with van der Waals surface area (Å²) in [5, 5.41) is 4.98. The van der Waals surface area contributed by atoms with Gasteiger partial charge in [0.05, 0.1) is 18.4 Å². The first kappa shape index (κ1) is 11.6. The maximum Gasteiger partial charge on any atom is 0.243 e. The van der Waals surface area contributed by atoms with Crippen molar-refractivity contribution in [1.82, 2.24) is 10.3 Å². The van der Waals surface area contributed by atoms with Crippen LogP contribution in [0, 0.1) is 0 Å². The van der Waals surface area contributed by atoms with Crippen molar-refractivity contribution in [2.45, 2.75) is 6.92 Å². The molecule has 0 saturated carbocycles. The molecule has 1 aromatic heterocycles. The Labute approximate surface area is 95.4 Å². The average molecular weight is 272 g/mol. The molecule has 1 aromatic rings. The standard InChI is InChI=1S/C9H10BrN3O2/c1-6(14)11-5-9(15)13-7-2-3-8(10)12-4-7/h2-4H,5H2,1H3,(H,11,14)(H,13,15). The molecular formula is C9H10BrN3O2. The molecule has 6 heteroatoms. The molecule has 1 heterocycles. The molecule has 5 nitrogen and oxygen atoms in total. The fraction of sp³-hybridized carbons (Fsp3) is 0.222. The van der Waals surface area contributed by atoms with Gasteiger partial charge >= 0.3 is 0 Å². The predicted molar refractivity (Wildman–Crippen MR) is 59.3 cm³/mol. The lowest BCUT2D eigenvalue weighted by Gasteiger charge is -2.04. The first-order chi connectivity index (χ1) is 7.08. The van der Waals surface area contributed by atoms with E-state index in [-0.39, 0.29) is 18.4 Å². The van der Waals surface area contributed by atoms with Gasteiger partial charge in [-0.2, -0.15) is 0 Å². The zero-order valence-corrected chi connectivity index (χ0v) is 9.67. The van der Waals surface area contributed by atoms with Crippen molar-refractivity contribution in [2.75, 3.05) is 11.9 Å². The molecule has 0 aromatic carbocycles. The molecule has 15 heavy (non-hydrogen) atoms. The van der Waals surface area contributed by atoms with Crippen LogP contribution in [-0.4, -0.2) is 23.3 Å². The van der Waals surface area contributed by atoms with Gasteiger partial charge in [-0.15, -0.1) is 0 Å². The van der Waals surface area contributed by atoms with Crippen molar-refractivity contribution in [3.8, 4) is 0 Å². The average Bonchev–Trinajstić information content (AvgIpc) is 2.19. The lowest BCUT2D eigenvalue weighted by molar-refractivity contribution is -0.122. The van der Waals surface area contributed by atoms with Gasteiger partial charge in [0.15, 0.2) is 0 Å². The highest BCUT2D eigenvalue weighted by molar-refractivity contribution is 9.10. The van der Waals surface area contributed by atoms with Gasteiger partial charge in [-0.05, 0) is 28.1 Å². The van der Waals surface area contributed by atoms with Crippen molar-refractivity contribution in [3.05, 3.63) is 22.9 Å². The Morgan fingerprint density at radius 1 is 1.47 bits per heavy atom. The largest absolute Gasteiger partial charge is 0.347 e. The van der Waals surface area contributed by atoms with Crippen molar-refractivity contribution in [3.63, 3.8) is 0 Å². The number of amides is 2. The van der Waals surface area contributed by atoms with Crippen LogP contribution in [0.4, 0.5) is 5.69 Å². The molecule has 0 spiro atoms. The highest BCUT2D eigenvalue weighted by Crippen LogP contribution is 2.09. The minimum absolute atomic E-state index is 0.0363. The van der Waals surface area contributed by atoms with Crippen LogP contribution in [0.2, 0.25) is 0 Å². The van der Waals surface area contributed by atoms with E-state index >= 15 is 0 Å². The Morgan fingerprint density at radius 3 is 2.73 bits per heavy atom. The summed E-state index contributed by atoms with van der Waals surface area (Å²) in [6, 6.07) is 3.43. The summed E-state index contributed by atoms with van der Waals surface area (Å²) in [6.07, 6.45) is 1.52. The van der Waals surface area contributed by atoms with Gasteiger partial charge in [-0.1, -0.05) is 0 Å². The number of carbonyl (C=O) groups excluding carboxylic acids is 2. The Bertz CT molecular complexity index is 364. The van der Waals surface area contributed by atoms with E-state index in [0.29, 0.717) is 10.3 Å². The lowest BCUT2D eigenvalue weighted by atomic mass is 10.4. The summed E-state index contributed by atoms with van der Waals surface area (Å²) >= 11 is 3.18. The van der Waals surface area contributed by atoms with Crippen molar-refractivity contribution in [2.24, 2.45) is 0 Å². The molecule has 0 aliphatic heterocycles. The second-order valence-corrected chi connectivity index (χ2v) is 3.64. The molecule has 0 atom stereocenters. The Kier molecular flexibility index (Phi) is 4.23. The molecule has 0 bridgehead atoms. The number of hydrogen-bond acceptors (Lipinski definition) is 3. The summed E-state index contributed by atoms with van der Waals surface area (Å²) in [5.41, 5.74) is 0.591. The predicted octanol–water partition coefficient (Wildman–Crippen LogP) is 0.919. The first-order valence-electron chi connectivity index (χ1n) is 4.24. The van der Waals surface area contributed by atoms with Gasteiger partial charge in [0, 0.05) is 6.92 Å². The third-order valence-corrected chi connectivity index (χ3v) is 1.98. The number of pyridine rings is 1. The van der Waals surface area contributed by atoms with Gasteiger partial charge in [0.25, 0.3) is 0 Å². The monoisotopic (exact) mass is 271 g/mol. The summed E-state index contributed by atoms with van der Waals surface area (Å²) in [6.45, 7) is 1.32. The van der Waals surface area contributed by atoms with Crippen molar-refractivity contribution < 1.29 is 9.59 Å². The third kappa shape index (κ3) is 4.55. The molecule has 0 aliphatic carbocycles. The van der Waals surface area contributed by atoms with E-state index in [2.05, 4.69) is 31.5 Å². The zero-order chi connectivity index (χ0) is 11.3. The highest BCUT2D eigenvalue weighted by Gasteiger charge is 2.02. The van der Waals surface area contributed by atoms with Gasteiger partial charge < -0.3 is 10.6 Å². The minimum atomic E-state index is -0.283. The van der Waals surface area contributed by atoms with Crippen molar-refractivity contribution >= 4 is 33.4 Å². The van der Waals surface area contributed by atoms with Crippen LogP contribution in [0.25, 0.3) is 0 Å². The molecule has 80 valence electrons. The summed E-state index contributed by atoms with van der Waals surface area (Å²) in [7, 11) is 0. The molecule has 0 aliphatic rings. The molecule has 1 rings (SSSR count). The molecule has 0 radical (unpaired) electrons. The van der Waals surface area contributed by atoms with E-state index in [1.165, 1.54) is 13.1 Å². The summed E-state index contributed by atoms with van der Waals surface area (Å²) in [4.78, 5) is 25.7. The van der Waals surface area contributed by atoms with Crippen LogP contribution in [0.1, 0.15) is 6.92 Å². The van der Waals surface area contributed by atoms with Gasteiger partial charge in [-0.25, -0.2) is 4.98 Å². The highest BCUT2D eigenvalue weighted by atomic mass is 79.9.